The molecule has 3 heteroatoms. The summed E-state index contributed by atoms with van der Waals surface area (Å²) in [6.45, 7) is 6.88. The summed E-state index contributed by atoms with van der Waals surface area (Å²) in [7, 11) is 0. The van der Waals surface area contributed by atoms with Crippen LogP contribution in [0.5, 0.6) is 0 Å². The molecule has 1 unspecified atom stereocenters. The number of hydrogen-bond donors (Lipinski definition) is 2. The number of rotatable bonds is 31. The van der Waals surface area contributed by atoms with E-state index in [0.29, 0.717) is 6.54 Å². The van der Waals surface area contributed by atoms with Gasteiger partial charge in [0.2, 0.25) is 0 Å². The number of nitrogens with zero attached hydrogens (tertiary/aromatic N) is 1. The van der Waals surface area contributed by atoms with E-state index in [4.69, 9.17) is 0 Å². The van der Waals surface area contributed by atoms with Crippen LogP contribution in [0.1, 0.15) is 142 Å². The molecular weight excluding hydrogens is 514 g/mol. The van der Waals surface area contributed by atoms with Crippen LogP contribution in [0.2, 0.25) is 0 Å². The lowest BCUT2D eigenvalue weighted by atomic mass is 10.1. The van der Waals surface area contributed by atoms with Gasteiger partial charge in [-0.3, -0.25) is 0 Å². The normalized spacial score (nSPS) is 13.6. The van der Waals surface area contributed by atoms with Crippen molar-refractivity contribution in [1.82, 2.24) is 4.90 Å². The SMILES string of the molecule is CC/C=C\C/C=C\C/C=C\CCCCCCCCN(CCCCCCCC/C=C\C/C=C\C/C=C\CC)CC(O)CO. The molecule has 1 atom stereocenters. The zero-order valence-electron chi connectivity index (χ0n) is 27.8. The van der Waals surface area contributed by atoms with E-state index in [0.717, 1.165) is 51.6 Å². The number of aliphatic hydroxyl groups is 2. The van der Waals surface area contributed by atoms with Gasteiger partial charge in [-0.05, 0) is 90.1 Å². The lowest BCUT2D eigenvalue weighted by molar-refractivity contribution is 0.0579. The van der Waals surface area contributed by atoms with Crippen LogP contribution in [-0.2, 0) is 0 Å². The van der Waals surface area contributed by atoms with Gasteiger partial charge in [-0.1, -0.05) is 138 Å². The Kier molecular flexibility index (Phi) is 34.1. The minimum Gasteiger partial charge on any atom is -0.394 e. The molecule has 2 N–H and O–H groups in total. The average Bonchev–Trinajstić information content (AvgIpc) is 3.00. The molecule has 42 heavy (non-hydrogen) atoms. The molecule has 242 valence electrons. The van der Waals surface area contributed by atoms with Crippen molar-refractivity contribution in [3.63, 3.8) is 0 Å². The molecule has 0 aromatic rings. The largest absolute Gasteiger partial charge is 0.394 e. The Balaban J connectivity index is 3.75. The van der Waals surface area contributed by atoms with E-state index >= 15 is 0 Å². The van der Waals surface area contributed by atoms with Crippen molar-refractivity contribution >= 4 is 0 Å². The summed E-state index contributed by atoms with van der Waals surface area (Å²) >= 11 is 0. The molecule has 0 aliphatic heterocycles. The zero-order valence-corrected chi connectivity index (χ0v) is 27.8. The van der Waals surface area contributed by atoms with Gasteiger partial charge in [0.1, 0.15) is 0 Å². The Hall–Kier alpha value is -1.68. The predicted octanol–water partition coefficient (Wildman–Crippen LogP) is 10.8. The molecule has 0 bridgehead atoms. The Morgan fingerprint density at radius 3 is 1.17 bits per heavy atom. The van der Waals surface area contributed by atoms with E-state index in [9.17, 15) is 10.2 Å². The number of aliphatic hydroxyl groups excluding tert-OH is 2. The Morgan fingerprint density at radius 1 is 0.452 bits per heavy atom. The highest BCUT2D eigenvalue weighted by molar-refractivity contribution is 4.98. The molecule has 3 nitrogen and oxygen atoms in total. The Morgan fingerprint density at radius 2 is 0.786 bits per heavy atom. The third kappa shape index (κ3) is 32.8. The molecule has 0 spiro atoms. The van der Waals surface area contributed by atoms with Gasteiger partial charge in [-0.15, -0.1) is 0 Å². The average molecular weight is 584 g/mol. The second-order valence-corrected chi connectivity index (χ2v) is 11.5. The van der Waals surface area contributed by atoms with Crippen molar-refractivity contribution in [3.05, 3.63) is 72.9 Å². The second-order valence-electron chi connectivity index (χ2n) is 11.5. The van der Waals surface area contributed by atoms with Crippen molar-refractivity contribution < 1.29 is 10.2 Å². The first-order chi connectivity index (χ1) is 20.7. The molecule has 0 aliphatic rings. The molecule has 0 saturated heterocycles. The maximum atomic E-state index is 9.98. The van der Waals surface area contributed by atoms with Crippen LogP contribution >= 0.6 is 0 Å². The van der Waals surface area contributed by atoms with Crippen LogP contribution in [-0.4, -0.2) is 47.5 Å². The van der Waals surface area contributed by atoms with Crippen molar-refractivity contribution in [2.75, 3.05) is 26.2 Å². The molecule has 0 saturated carbocycles. The first kappa shape index (κ1) is 40.3. The lowest BCUT2D eigenvalue weighted by Gasteiger charge is -2.24. The smallest absolute Gasteiger partial charge is 0.0897 e. The van der Waals surface area contributed by atoms with Crippen molar-refractivity contribution in [3.8, 4) is 0 Å². The fraction of sp³-hybridized carbons (Fsp3) is 0.692. The lowest BCUT2D eigenvalue weighted by Crippen LogP contribution is -2.35. The molecule has 0 rings (SSSR count). The van der Waals surface area contributed by atoms with Gasteiger partial charge in [0, 0.05) is 6.54 Å². The first-order valence-corrected chi connectivity index (χ1v) is 17.7. The maximum absolute atomic E-state index is 9.98. The van der Waals surface area contributed by atoms with Crippen LogP contribution in [0, 0.1) is 0 Å². The van der Waals surface area contributed by atoms with Crippen molar-refractivity contribution in [2.45, 2.75) is 148 Å². The topological polar surface area (TPSA) is 43.7 Å². The highest BCUT2D eigenvalue weighted by Gasteiger charge is 2.10. The molecule has 0 aromatic carbocycles. The predicted molar refractivity (Wildman–Crippen MR) is 188 cm³/mol. The van der Waals surface area contributed by atoms with Crippen LogP contribution in [0.3, 0.4) is 0 Å². The summed E-state index contributed by atoms with van der Waals surface area (Å²) in [5.74, 6) is 0. The molecule has 0 aliphatic carbocycles. The minimum absolute atomic E-state index is 0.140. The zero-order chi connectivity index (χ0) is 30.6. The Bertz CT molecular complexity index is 649. The third-order valence-corrected chi connectivity index (χ3v) is 7.43. The first-order valence-electron chi connectivity index (χ1n) is 17.7. The summed E-state index contributed by atoms with van der Waals surface area (Å²) in [4.78, 5) is 2.37. The van der Waals surface area contributed by atoms with Gasteiger partial charge in [-0.25, -0.2) is 0 Å². The van der Waals surface area contributed by atoms with Crippen LogP contribution in [0.15, 0.2) is 72.9 Å². The Labute approximate surface area is 262 Å². The summed E-state index contributed by atoms with van der Waals surface area (Å²) in [6.07, 6.45) is 50.8. The van der Waals surface area contributed by atoms with E-state index in [1.54, 1.807) is 0 Å². The van der Waals surface area contributed by atoms with Crippen LogP contribution in [0.25, 0.3) is 0 Å². The number of hydrogen-bond acceptors (Lipinski definition) is 3. The van der Waals surface area contributed by atoms with Gasteiger partial charge in [0.25, 0.3) is 0 Å². The maximum Gasteiger partial charge on any atom is 0.0897 e. The van der Waals surface area contributed by atoms with Crippen LogP contribution in [0.4, 0.5) is 0 Å². The monoisotopic (exact) mass is 584 g/mol. The summed E-state index contributed by atoms with van der Waals surface area (Å²) in [6, 6.07) is 0. The van der Waals surface area contributed by atoms with Crippen molar-refractivity contribution in [1.29, 1.82) is 0 Å². The van der Waals surface area contributed by atoms with E-state index < -0.39 is 6.10 Å². The molecule has 0 amide bonds. The third-order valence-electron chi connectivity index (χ3n) is 7.43. The van der Waals surface area contributed by atoms with Gasteiger partial charge in [-0.2, -0.15) is 0 Å². The molecule has 0 aromatic heterocycles. The van der Waals surface area contributed by atoms with E-state index in [1.807, 2.05) is 0 Å². The number of unbranched alkanes of at least 4 members (excludes halogenated alkanes) is 12. The summed E-state index contributed by atoms with van der Waals surface area (Å²) in [5, 5.41) is 19.3. The molecular formula is C39H69NO2. The highest BCUT2D eigenvalue weighted by atomic mass is 16.3. The molecule has 0 radical (unpaired) electrons. The quantitative estimate of drug-likeness (QED) is 0.0630. The summed E-state index contributed by atoms with van der Waals surface area (Å²) in [5.41, 5.74) is 0. The van der Waals surface area contributed by atoms with Gasteiger partial charge < -0.3 is 15.1 Å². The van der Waals surface area contributed by atoms with Gasteiger partial charge in [0.05, 0.1) is 12.7 Å². The van der Waals surface area contributed by atoms with Gasteiger partial charge in [0.15, 0.2) is 0 Å². The van der Waals surface area contributed by atoms with Crippen molar-refractivity contribution in [2.24, 2.45) is 0 Å². The van der Waals surface area contributed by atoms with E-state index in [2.05, 4.69) is 91.7 Å². The second kappa shape index (κ2) is 35.5. The highest BCUT2D eigenvalue weighted by Crippen LogP contribution is 2.11. The molecule has 0 fully saturated rings. The van der Waals surface area contributed by atoms with E-state index in [-0.39, 0.29) is 6.61 Å². The number of allylic oxidation sites excluding steroid dienone is 12. The van der Waals surface area contributed by atoms with Gasteiger partial charge >= 0.3 is 0 Å². The summed E-state index contributed by atoms with van der Waals surface area (Å²) < 4.78 is 0. The fourth-order valence-electron chi connectivity index (χ4n) is 4.91. The molecule has 0 heterocycles. The minimum atomic E-state index is -0.618. The van der Waals surface area contributed by atoms with E-state index in [1.165, 1.54) is 89.9 Å². The fourth-order valence-corrected chi connectivity index (χ4v) is 4.91. The standard InChI is InChI=1S/C39H69NO2/c1-3-5-7-9-11-13-15-17-19-21-23-25-27-29-31-33-35-40(37-39(42)38-41)36-34-32-30-28-26-24-22-20-18-16-14-12-10-8-6-4-2/h5-8,11-14,17-20,39,41-42H,3-4,9-10,15-16,21-38H2,1-2H3/b7-5-,8-6-,13-11-,14-12-,19-17-,20-18-. The van der Waals surface area contributed by atoms with Crippen LogP contribution < -0.4 is 0 Å².